The van der Waals surface area contributed by atoms with Crippen molar-refractivity contribution in [2.24, 2.45) is 0 Å². The van der Waals surface area contributed by atoms with Gasteiger partial charge in [0.15, 0.2) is 0 Å². The average molecular weight is 405 g/mol. The van der Waals surface area contributed by atoms with Gasteiger partial charge in [-0.05, 0) is 35.9 Å². The molecule has 0 spiro atoms. The van der Waals surface area contributed by atoms with Gasteiger partial charge in [0.1, 0.15) is 12.4 Å². The Hall–Kier alpha value is -3.12. The Balaban J connectivity index is 1.35. The van der Waals surface area contributed by atoms with Gasteiger partial charge in [-0.2, -0.15) is 0 Å². The zero-order chi connectivity index (χ0) is 20.9. The van der Waals surface area contributed by atoms with E-state index in [0.29, 0.717) is 13.1 Å². The Kier molecular flexibility index (Phi) is 6.14. The molecule has 2 aromatic carbocycles. The Bertz CT molecular complexity index is 1030. The summed E-state index contributed by atoms with van der Waals surface area (Å²) in [6.07, 6.45) is -0.277. The summed E-state index contributed by atoms with van der Waals surface area (Å²) < 4.78 is 11.1. The van der Waals surface area contributed by atoms with Crippen LogP contribution in [0.3, 0.4) is 0 Å². The number of carbonyl (C=O) groups is 1. The summed E-state index contributed by atoms with van der Waals surface area (Å²) in [7, 11) is 1.71. The van der Waals surface area contributed by atoms with Gasteiger partial charge in [-0.1, -0.05) is 36.4 Å². The van der Waals surface area contributed by atoms with Crippen LogP contribution in [0.15, 0.2) is 54.6 Å². The zero-order valence-electron chi connectivity index (χ0n) is 17.5. The van der Waals surface area contributed by atoms with E-state index < -0.39 is 0 Å². The molecule has 2 heterocycles. The number of aromatic nitrogens is 1. The lowest BCUT2D eigenvalue weighted by Gasteiger charge is -2.34. The standard InChI is InChI=1S/C24H27N3O3/c1-18-6-5-8-20(25-18)17-30-24(28)27-14-12-26(13-15-27)16-22-21-9-4-3-7-19(21)10-11-23(22)29-2/h3-11H,12-17H2,1-2H3. The molecule has 1 saturated heterocycles. The van der Waals surface area contributed by atoms with E-state index in [1.54, 1.807) is 12.0 Å². The van der Waals surface area contributed by atoms with Gasteiger partial charge in [0, 0.05) is 44.0 Å². The predicted octanol–water partition coefficient (Wildman–Crippen LogP) is 4.01. The fourth-order valence-corrected chi connectivity index (χ4v) is 3.89. The van der Waals surface area contributed by atoms with Crippen molar-refractivity contribution in [1.82, 2.24) is 14.8 Å². The number of benzene rings is 2. The molecule has 0 bridgehead atoms. The van der Waals surface area contributed by atoms with Gasteiger partial charge in [0.05, 0.1) is 12.8 Å². The Morgan fingerprint density at radius 3 is 2.57 bits per heavy atom. The van der Waals surface area contributed by atoms with Gasteiger partial charge in [-0.25, -0.2) is 4.79 Å². The quantitative estimate of drug-likeness (QED) is 0.642. The smallest absolute Gasteiger partial charge is 0.410 e. The fourth-order valence-electron chi connectivity index (χ4n) is 3.89. The summed E-state index contributed by atoms with van der Waals surface area (Å²) in [6.45, 7) is 5.80. The van der Waals surface area contributed by atoms with E-state index in [0.717, 1.165) is 36.8 Å². The SMILES string of the molecule is COc1ccc2ccccc2c1CN1CCN(C(=O)OCc2cccc(C)n2)CC1. The Morgan fingerprint density at radius 2 is 1.80 bits per heavy atom. The lowest BCUT2D eigenvalue weighted by Crippen LogP contribution is -2.48. The van der Waals surface area contributed by atoms with Crippen molar-refractivity contribution in [2.75, 3.05) is 33.3 Å². The molecule has 1 aromatic heterocycles. The largest absolute Gasteiger partial charge is 0.496 e. The third-order valence-electron chi connectivity index (χ3n) is 5.52. The first kappa shape index (κ1) is 20.2. The molecule has 1 aliphatic rings. The molecule has 0 unspecified atom stereocenters. The number of nitrogens with zero attached hydrogens (tertiary/aromatic N) is 3. The Morgan fingerprint density at radius 1 is 1.00 bits per heavy atom. The van der Waals surface area contributed by atoms with Crippen LogP contribution in [-0.4, -0.2) is 54.2 Å². The number of hydrogen-bond donors (Lipinski definition) is 0. The van der Waals surface area contributed by atoms with Crippen LogP contribution in [-0.2, 0) is 17.9 Å². The lowest BCUT2D eigenvalue weighted by atomic mass is 10.0. The molecule has 0 atom stereocenters. The van der Waals surface area contributed by atoms with Crippen LogP contribution in [0.2, 0.25) is 0 Å². The van der Waals surface area contributed by atoms with Crippen molar-refractivity contribution in [3.63, 3.8) is 0 Å². The third-order valence-corrected chi connectivity index (χ3v) is 5.52. The number of fused-ring (bicyclic) bond motifs is 1. The summed E-state index contributed by atoms with van der Waals surface area (Å²) >= 11 is 0. The molecule has 30 heavy (non-hydrogen) atoms. The second-order valence-electron chi connectivity index (χ2n) is 7.56. The second-order valence-corrected chi connectivity index (χ2v) is 7.56. The first-order valence-electron chi connectivity index (χ1n) is 10.3. The van der Waals surface area contributed by atoms with Crippen molar-refractivity contribution in [1.29, 1.82) is 0 Å². The van der Waals surface area contributed by atoms with Crippen molar-refractivity contribution in [3.05, 3.63) is 71.5 Å². The average Bonchev–Trinajstić information content (AvgIpc) is 2.78. The molecular weight excluding hydrogens is 378 g/mol. The van der Waals surface area contributed by atoms with Crippen LogP contribution < -0.4 is 4.74 Å². The molecule has 1 fully saturated rings. The van der Waals surface area contributed by atoms with Crippen LogP contribution in [0.25, 0.3) is 10.8 Å². The number of piperazine rings is 1. The Labute approximate surface area is 177 Å². The van der Waals surface area contributed by atoms with Gasteiger partial charge < -0.3 is 14.4 Å². The van der Waals surface area contributed by atoms with E-state index in [1.165, 1.54) is 16.3 Å². The normalized spacial score (nSPS) is 14.7. The van der Waals surface area contributed by atoms with Crippen LogP contribution in [0, 0.1) is 6.92 Å². The van der Waals surface area contributed by atoms with Crippen molar-refractivity contribution >= 4 is 16.9 Å². The molecule has 0 saturated carbocycles. The van der Waals surface area contributed by atoms with Crippen molar-refractivity contribution in [3.8, 4) is 5.75 Å². The highest BCUT2D eigenvalue weighted by Crippen LogP contribution is 2.29. The summed E-state index contributed by atoms with van der Waals surface area (Å²) in [5.41, 5.74) is 2.88. The number of rotatable bonds is 5. The van der Waals surface area contributed by atoms with Gasteiger partial charge in [0.25, 0.3) is 0 Å². The van der Waals surface area contributed by atoms with Crippen LogP contribution >= 0.6 is 0 Å². The topological polar surface area (TPSA) is 54.9 Å². The van der Waals surface area contributed by atoms with E-state index in [2.05, 4.69) is 40.2 Å². The van der Waals surface area contributed by atoms with E-state index in [9.17, 15) is 4.79 Å². The number of carbonyl (C=O) groups excluding carboxylic acids is 1. The third kappa shape index (κ3) is 4.54. The van der Waals surface area contributed by atoms with Gasteiger partial charge in [-0.15, -0.1) is 0 Å². The molecule has 1 aliphatic heterocycles. The minimum atomic E-state index is -0.277. The van der Waals surface area contributed by atoms with E-state index in [-0.39, 0.29) is 12.7 Å². The summed E-state index contributed by atoms with van der Waals surface area (Å²) in [5.74, 6) is 0.904. The highest BCUT2D eigenvalue weighted by molar-refractivity contribution is 5.87. The minimum Gasteiger partial charge on any atom is -0.496 e. The van der Waals surface area contributed by atoms with Crippen LogP contribution in [0.4, 0.5) is 4.79 Å². The lowest BCUT2D eigenvalue weighted by molar-refractivity contribution is 0.0692. The molecule has 0 N–H and O–H groups in total. The summed E-state index contributed by atoms with van der Waals surface area (Å²) in [4.78, 5) is 20.9. The molecular formula is C24H27N3O3. The molecule has 0 aliphatic carbocycles. The number of amides is 1. The zero-order valence-corrected chi connectivity index (χ0v) is 17.5. The van der Waals surface area contributed by atoms with Crippen LogP contribution in [0.5, 0.6) is 5.75 Å². The van der Waals surface area contributed by atoms with Crippen molar-refractivity contribution in [2.45, 2.75) is 20.1 Å². The number of ether oxygens (including phenoxy) is 2. The van der Waals surface area contributed by atoms with E-state index in [4.69, 9.17) is 9.47 Å². The molecule has 156 valence electrons. The maximum Gasteiger partial charge on any atom is 0.410 e. The number of methoxy groups -OCH3 is 1. The molecule has 4 rings (SSSR count). The highest BCUT2D eigenvalue weighted by atomic mass is 16.6. The van der Waals surface area contributed by atoms with E-state index >= 15 is 0 Å². The summed E-state index contributed by atoms with van der Waals surface area (Å²) in [5, 5.41) is 2.42. The highest BCUT2D eigenvalue weighted by Gasteiger charge is 2.23. The number of hydrogen-bond acceptors (Lipinski definition) is 5. The molecule has 3 aromatic rings. The maximum atomic E-state index is 12.4. The maximum absolute atomic E-state index is 12.4. The van der Waals surface area contributed by atoms with Gasteiger partial charge >= 0.3 is 6.09 Å². The number of pyridine rings is 1. The van der Waals surface area contributed by atoms with Gasteiger partial charge in [-0.3, -0.25) is 9.88 Å². The molecule has 6 heteroatoms. The molecule has 1 amide bonds. The second kappa shape index (κ2) is 9.13. The predicted molar refractivity (Wildman–Crippen MR) is 117 cm³/mol. The molecule has 0 radical (unpaired) electrons. The summed E-state index contributed by atoms with van der Waals surface area (Å²) in [6, 6.07) is 18.2. The first-order valence-corrected chi connectivity index (χ1v) is 10.3. The van der Waals surface area contributed by atoms with E-state index in [1.807, 2.05) is 31.2 Å². The van der Waals surface area contributed by atoms with Gasteiger partial charge in [0.2, 0.25) is 0 Å². The van der Waals surface area contributed by atoms with Crippen LogP contribution in [0.1, 0.15) is 17.0 Å². The fraction of sp³-hybridized carbons (Fsp3) is 0.333. The minimum absolute atomic E-state index is 0.202. The molecule has 6 nitrogen and oxygen atoms in total. The monoisotopic (exact) mass is 405 g/mol. The van der Waals surface area contributed by atoms with Crippen molar-refractivity contribution < 1.29 is 14.3 Å². The first-order chi connectivity index (χ1) is 14.6. The number of aryl methyl sites for hydroxylation is 1.